The minimum Gasteiger partial charge on any atom is -0.506 e. The van der Waals surface area contributed by atoms with Crippen molar-refractivity contribution in [3.05, 3.63) is 40.9 Å². The number of fused-ring (bicyclic) bond motifs is 1. The van der Waals surface area contributed by atoms with Crippen molar-refractivity contribution in [2.24, 2.45) is 0 Å². The summed E-state index contributed by atoms with van der Waals surface area (Å²) in [4.78, 5) is 10.5. The van der Waals surface area contributed by atoms with Crippen LogP contribution >= 0.6 is 11.6 Å². The van der Waals surface area contributed by atoms with Crippen molar-refractivity contribution in [3.8, 4) is 5.75 Å². The number of benzene rings is 2. The number of hydrogen-bond acceptors (Lipinski definition) is 2. The Kier molecular flexibility index (Phi) is 2.14. The van der Waals surface area contributed by atoms with Crippen molar-refractivity contribution in [2.75, 3.05) is 0 Å². The molecule has 0 bridgehead atoms. The van der Waals surface area contributed by atoms with Crippen LogP contribution in [0.5, 0.6) is 5.75 Å². The maximum atomic E-state index is 10.5. The Morgan fingerprint density at radius 2 is 2.00 bits per heavy atom. The summed E-state index contributed by atoms with van der Waals surface area (Å²) < 4.78 is 0. The molecule has 0 fully saturated rings. The van der Waals surface area contributed by atoms with E-state index in [0.29, 0.717) is 10.6 Å². The van der Waals surface area contributed by atoms with Crippen LogP contribution in [0.25, 0.3) is 10.8 Å². The molecule has 2 rings (SSSR count). The summed E-state index contributed by atoms with van der Waals surface area (Å²) in [5, 5.41) is 11.3. The molecular formula is C11H7ClO2. The summed E-state index contributed by atoms with van der Waals surface area (Å²) in [6, 6.07) is 8.36. The molecule has 0 heterocycles. The maximum absolute atomic E-state index is 10.5. The van der Waals surface area contributed by atoms with Gasteiger partial charge >= 0.3 is 0 Å². The van der Waals surface area contributed by atoms with Gasteiger partial charge in [-0.1, -0.05) is 29.8 Å². The lowest BCUT2D eigenvalue weighted by molar-refractivity contribution is 0.112. The summed E-state index contributed by atoms with van der Waals surface area (Å²) in [5.41, 5.74) is 0.597. The first-order valence-electron chi connectivity index (χ1n) is 4.09. The molecule has 70 valence electrons. The van der Waals surface area contributed by atoms with E-state index < -0.39 is 0 Å². The van der Waals surface area contributed by atoms with E-state index in [1.54, 1.807) is 24.3 Å². The number of aldehydes is 1. The molecule has 0 aliphatic rings. The van der Waals surface area contributed by atoms with Gasteiger partial charge in [0.05, 0.1) is 5.02 Å². The van der Waals surface area contributed by atoms with Crippen LogP contribution in [0.15, 0.2) is 30.3 Å². The molecule has 0 spiro atoms. The predicted molar refractivity (Wildman–Crippen MR) is 56.0 cm³/mol. The Balaban J connectivity index is 2.81. The standard InChI is InChI=1S/C11H7ClO2/c12-11-9-3-1-7(6-13)5-8(9)2-4-10(11)14/h1-6,14H. The van der Waals surface area contributed by atoms with Gasteiger partial charge in [-0.05, 0) is 17.5 Å². The Labute approximate surface area is 85.7 Å². The fourth-order valence-electron chi connectivity index (χ4n) is 1.37. The molecule has 2 nitrogen and oxygen atoms in total. The number of hydrogen-bond donors (Lipinski definition) is 1. The maximum Gasteiger partial charge on any atom is 0.150 e. The number of aromatic hydroxyl groups is 1. The number of rotatable bonds is 1. The molecule has 3 heteroatoms. The second-order valence-electron chi connectivity index (χ2n) is 3.00. The van der Waals surface area contributed by atoms with Gasteiger partial charge in [0.15, 0.2) is 0 Å². The average Bonchev–Trinajstić information content (AvgIpc) is 2.23. The van der Waals surface area contributed by atoms with Gasteiger partial charge in [-0.25, -0.2) is 0 Å². The largest absolute Gasteiger partial charge is 0.506 e. The summed E-state index contributed by atoms with van der Waals surface area (Å²) in [7, 11) is 0. The van der Waals surface area contributed by atoms with E-state index in [4.69, 9.17) is 11.6 Å². The lowest BCUT2D eigenvalue weighted by Gasteiger charge is -2.02. The second kappa shape index (κ2) is 3.31. The van der Waals surface area contributed by atoms with Gasteiger partial charge < -0.3 is 5.11 Å². The van der Waals surface area contributed by atoms with Crippen molar-refractivity contribution in [1.82, 2.24) is 0 Å². The Bertz CT molecular complexity index is 506. The quantitative estimate of drug-likeness (QED) is 0.729. The van der Waals surface area contributed by atoms with Crippen molar-refractivity contribution < 1.29 is 9.90 Å². The van der Waals surface area contributed by atoms with Crippen molar-refractivity contribution >= 4 is 28.7 Å². The van der Waals surface area contributed by atoms with E-state index >= 15 is 0 Å². The van der Waals surface area contributed by atoms with Gasteiger partial charge in [-0.15, -0.1) is 0 Å². The van der Waals surface area contributed by atoms with Crippen molar-refractivity contribution in [1.29, 1.82) is 0 Å². The van der Waals surface area contributed by atoms with Crippen LogP contribution in [0, 0.1) is 0 Å². The van der Waals surface area contributed by atoms with Crippen molar-refractivity contribution in [2.45, 2.75) is 0 Å². The van der Waals surface area contributed by atoms with Crippen LogP contribution in [0.2, 0.25) is 5.02 Å². The fraction of sp³-hybridized carbons (Fsp3) is 0. The molecule has 2 aromatic rings. The second-order valence-corrected chi connectivity index (χ2v) is 3.38. The molecule has 0 saturated heterocycles. The van der Waals surface area contributed by atoms with Gasteiger partial charge in [-0.3, -0.25) is 4.79 Å². The van der Waals surface area contributed by atoms with Gasteiger partial charge in [0.25, 0.3) is 0 Å². The topological polar surface area (TPSA) is 37.3 Å². The van der Waals surface area contributed by atoms with Gasteiger partial charge in [0.1, 0.15) is 12.0 Å². The number of phenolic OH excluding ortho intramolecular Hbond substituents is 1. The third-order valence-electron chi connectivity index (χ3n) is 2.09. The molecule has 0 amide bonds. The van der Waals surface area contributed by atoms with E-state index in [1.807, 2.05) is 0 Å². The monoisotopic (exact) mass is 206 g/mol. The molecule has 0 saturated carbocycles. The first-order valence-corrected chi connectivity index (χ1v) is 4.46. The number of carbonyl (C=O) groups is 1. The molecule has 2 aromatic carbocycles. The van der Waals surface area contributed by atoms with Crippen LogP contribution in [0.3, 0.4) is 0 Å². The highest BCUT2D eigenvalue weighted by Gasteiger charge is 2.04. The predicted octanol–water partition coefficient (Wildman–Crippen LogP) is 3.01. The molecule has 0 aliphatic heterocycles. The fourth-order valence-corrected chi connectivity index (χ4v) is 1.61. The first-order chi connectivity index (χ1) is 6.72. The Morgan fingerprint density at radius 1 is 1.21 bits per heavy atom. The summed E-state index contributed by atoms with van der Waals surface area (Å²) in [6.07, 6.45) is 0.778. The zero-order valence-electron chi connectivity index (χ0n) is 7.20. The molecule has 0 aromatic heterocycles. The normalized spacial score (nSPS) is 10.4. The number of carbonyl (C=O) groups excluding carboxylic acids is 1. The van der Waals surface area contributed by atoms with E-state index in [0.717, 1.165) is 17.1 Å². The van der Waals surface area contributed by atoms with Gasteiger partial charge in [-0.2, -0.15) is 0 Å². The Hall–Kier alpha value is -1.54. The lowest BCUT2D eigenvalue weighted by Crippen LogP contribution is -1.81. The van der Waals surface area contributed by atoms with E-state index in [1.165, 1.54) is 6.07 Å². The smallest absolute Gasteiger partial charge is 0.150 e. The van der Waals surface area contributed by atoms with Crippen LogP contribution in [0.4, 0.5) is 0 Å². The third kappa shape index (κ3) is 1.34. The summed E-state index contributed by atoms with van der Waals surface area (Å²) >= 11 is 5.88. The van der Waals surface area contributed by atoms with E-state index in [-0.39, 0.29) is 5.75 Å². The number of phenols is 1. The third-order valence-corrected chi connectivity index (χ3v) is 2.49. The minimum absolute atomic E-state index is 0.0537. The summed E-state index contributed by atoms with van der Waals surface area (Å²) in [6.45, 7) is 0. The van der Waals surface area contributed by atoms with E-state index in [2.05, 4.69) is 0 Å². The molecule has 0 unspecified atom stereocenters. The first kappa shape index (κ1) is 9.03. The van der Waals surface area contributed by atoms with Crippen LogP contribution in [-0.2, 0) is 0 Å². The zero-order valence-corrected chi connectivity index (χ0v) is 7.95. The molecular weight excluding hydrogens is 200 g/mol. The number of halogens is 1. The average molecular weight is 207 g/mol. The van der Waals surface area contributed by atoms with Crippen LogP contribution < -0.4 is 0 Å². The van der Waals surface area contributed by atoms with Gasteiger partial charge in [0, 0.05) is 10.9 Å². The highest BCUT2D eigenvalue weighted by Crippen LogP contribution is 2.31. The zero-order chi connectivity index (χ0) is 10.1. The SMILES string of the molecule is O=Cc1ccc2c(Cl)c(O)ccc2c1. The molecule has 1 N–H and O–H groups in total. The van der Waals surface area contributed by atoms with Crippen LogP contribution in [0.1, 0.15) is 10.4 Å². The lowest BCUT2D eigenvalue weighted by atomic mass is 10.1. The minimum atomic E-state index is 0.0537. The highest BCUT2D eigenvalue weighted by molar-refractivity contribution is 6.37. The molecule has 0 radical (unpaired) electrons. The van der Waals surface area contributed by atoms with Crippen molar-refractivity contribution in [3.63, 3.8) is 0 Å². The van der Waals surface area contributed by atoms with Crippen LogP contribution in [-0.4, -0.2) is 11.4 Å². The summed E-state index contributed by atoms with van der Waals surface area (Å²) in [5.74, 6) is 0.0537. The van der Waals surface area contributed by atoms with Gasteiger partial charge in [0.2, 0.25) is 0 Å². The Morgan fingerprint density at radius 3 is 2.71 bits per heavy atom. The highest BCUT2D eigenvalue weighted by atomic mass is 35.5. The molecule has 0 aliphatic carbocycles. The molecule has 0 atom stereocenters. The molecule has 14 heavy (non-hydrogen) atoms. The van der Waals surface area contributed by atoms with E-state index in [9.17, 15) is 9.90 Å².